The molecule has 2 rings (SSSR count). The second kappa shape index (κ2) is 21.4. The molecule has 0 spiro atoms. The predicted molar refractivity (Wildman–Crippen MR) is 107 cm³/mol. The summed E-state index contributed by atoms with van der Waals surface area (Å²) in [5.41, 5.74) is 4.57. The standard InChI is InChI=1S/2C6H8N.2C4H10N.Hf/c2*1-5-3-4-6(2)7-5;2*1-3-5-4-2;/h2*3,7H,1-2H3;2*3-4H2,1-2H3;/q4*-1;+4. The maximum atomic E-state index is 3.97. The van der Waals surface area contributed by atoms with Crippen LogP contribution in [0.1, 0.15) is 50.5 Å². The average Bonchev–Trinajstić information content (AvgIpc) is 3.10. The number of aryl methyl sites for hydroxylation is 4. The Morgan fingerprint density at radius 1 is 0.680 bits per heavy atom. The van der Waals surface area contributed by atoms with Crippen LogP contribution in [0.25, 0.3) is 10.6 Å². The van der Waals surface area contributed by atoms with Gasteiger partial charge >= 0.3 is 25.8 Å². The second-order valence-corrected chi connectivity index (χ2v) is 5.16. The summed E-state index contributed by atoms with van der Waals surface area (Å²) in [5.74, 6) is 0. The molecule has 2 aromatic heterocycles. The fourth-order valence-electron chi connectivity index (χ4n) is 1.62. The van der Waals surface area contributed by atoms with Gasteiger partial charge in [-0.3, -0.25) is 0 Å². The number of nitrogens with one attached hydrogen (secondary N) is 2. The quantitative estimate of drug-likeness (QED) is 0.394. The minimum absolute atomic E-state index is 0. The average molecular weight is 511 g/mol. The van der Waals surface area contributed by atoms with Gasteiger partial charge in [-0.1, -0.05) is 52.9 Å². The van der Waals surface area contributed by atoms with Gasteiger partial charge in [0, 0.05) is 0 Å². The smallest absolute Gasteiger partial charge is 0.663 e. The van der Waals surface area contributed by atoms with Crippen molar-refractivity contribution >= 4 is 0 Å². The van der Waals surface area contributed by atoms with Crippen LogP contribution in [0.2, 0.25) is 0 Å². The van der Waals surface area contributed by atoms with Crippen LogP contribution in [-0.2, 0) is 25.8 Å². The van der Waals surface area contributed by atoms with E-state index < -0.39 is 0 Å². The molecule has 0 aliphatic rings. The van der Waals surface area contributed by atoms with Crippen molar-refractivity contribution in [1.82, 2.24) is 9.97 Å². The van der Waals surface area contributed by atoms with Gasteiger partial charge in [-0.2, -0.15) is 26.2 Å². The molecular formula is C20H36HfN4. The minimum atomic E-state index is 0. The largest absolute Gasteiger partial charge is 4.00 e. The molecule has 0 unspecified atom stereocenters. The van der Waals surface area contributed by atoms with Crippen molar-refractivity contribution in [3.63, 3.8) is 0 Å². The number of aromatic nitrogens is 2. The van der Waals surface area contributed by atoms with Crippen LogP contribution in [0.15, 0.2) is 12.1 Å². The Hall–Kier alpha value is -0.650. The molecular weight excluding hydrogens is 475 g/mol. The number of H-pyrrole nitrogens is 2. The normalized spacial score (nSPS) is 8.64. The molecule has 0 aromatic carbocycles. The molecule has 2 aromatic rings. The molecule has 5 heteroatoms. The zero-order chi connectivity index (χ0) is 18.8. The zero-order valence-electron chi connectivity index (χ0n) is 17.4. The molecule has 0 aliphatic carbocycles. The van der Waals surface area contributed by atoms with Crippen molar-refractivity contribution < 1.29 is 25.8 Å². The fraction of sp³-hybridized carbons (Fsp3) is 0.600. The number of rotatable bonds is 4. The fourth-order valence-corrected chi connectivity index (χ4v) is 1.62. The third-order valence-corrected chi connectivity index (χ3v) is 2.67. The molecule has 0 fully saturated rings. The van der Waals surface area contributed by atoms with E-state index in [0.29, 0.717) is 0 Å². The first-order chi connectivity index (χ1) is 11.4. The summed E-state index contributed by atoms with van der Waals surface area (Å²) in [5, 5.41) is 7.94. The molecule has 140 valence electrons. The Bertz CT molecular complexity index is 396. The molecule has 4 nitrogen and oxygen atoms in total. The number of nitrogens with zero attached hydrogens (tertiary/aromatic N) is 2. The Morgan fingerprint density at radius 2 is 0.960 bits per heavy atom. The maximum absolute atomic E-state index is 3.97. The van der Waals surface area contributed by atoms with Crippen LogP contribution < -0.4 is 0 Å². The number of hydrogen-bond acceptors (Lipinski definition) is 0. The Morgan fingerprint density at radius 3 is 1.00 bits per heavy atom. The van der Waals surface area contributed by atoms with E-state index in [2.05, 4.69) is 32.7 Å². The Kier molecular flexibility index (Phi) is 24.9. The molecule has 2 heterocycles. The van der Waals surface area contributed by atoms with E-state index in [1.54, 1.807) is 0 Å². The Labute approximate surface area is 174 Å². The molecule has 2 N–H and O–H groups in total. The van der Waals surface area contributed by atoms with Crippen LogP contribution in [0.5, 0.6) is 0 Å². The van der Waals surface area contributed by atoms with E-state index in [1.165, 1.54) is 11.4 Å². The number of hydrogen-bond donors (Lipinski definition) is 2. The van der Waals surface area contributed by atoms with Crippen LogP contribution in [-0.4, -0.2) is 36.1 Å². The van der Waals surface area contributed by atoms with Gasteiger partial charge in [0.15, 0.2) is 0 Å². The SMILES string of the molecule is CC[N-]CC.CC[N-]CC.Cc1[c-]cc(C)[nH]1.Cc1[c-]cc(C)[nH]1.[Hf+4]. The third-order valence-electron chi connectivity index (χ3n) is 2.67. The number of aromatic amines is 2. The van der Waals surface area contributed by atoms with E-state index >= 15 is 0 Å². The van der Waals surface area contributed by atoms with Gasteiger partial charge in [-0.15, -0.1) is 11.4 Å². The van der Waals surface area contributed by atoms with Gasteiger partial charge in [-0.25, -0.2) is 24.3 Å². The van der Waals surface area contributed by atoms with Crippen LogP contribution in [0.4, 0.5) is 0 Å². The van der Waals surface area contributed by atoms with Crippen LogP contribution >= 0.6 is 0 Å². The topological polar surface area (TPSA) is 59.8 Å². The summed E-state index contributed by atoms with van der Waals surface area (Å²) >= 11 is 0. The van der Waals surface area contributed by atoms with Crippen molar-refractivity contribution in [1.29, 1.82) is 0 Å². The van der Waals surface area contributed by atoms with Crippen LogP contribution in [0.3, 0.4) is 0 Å². The van der Waals surface area contributed by atoms with Gasteiger partial charge in [0.25, 0.3) is 0 Å². The van der Waals surface area contributed by atoms with Crippen LogP contribution in [0, 0.1) is 39.8 Å². The van der Waals surface area contributed by atoms with Gasteiger partial charge < -0.3 is 20.6 Å². The van der Waals surface area contributed by atoms with Gasteiger partial charge in [-0.05, 0) is 13.8 Å². The molecule has 0 saturated carbocycles. The Balaban J connectivity index is -0.000000259. The van der Waals surface area contributed by atoms with Crippen molar-refractivity contribution in [3.8, 4) is 0 Å². The van der Waals surface area contributed by atoms with Crippen molar-refractivity contribution in [3.05, 3.63) is 57.7 Å². The van der Waals surface area contributed by atoms with E-state index in [9.17, 15) is 0 Å². The summed E-state index contributed by atoms with van der Waals surface area (Å²) in [6, 6.07) is 9.91. The van der Waals surface area contributed by atoms with E-state index in [4.69, 9.17) is 0 Å². The predicted octanol–water partition coefficient (Wildman–Crippen LogP) is 5.66. The summed E-state index contributed by atoms with van der Waals surface area (Å²) in [6.07, 6.45) is 0. The molecule has 0 radical (unpaired) electrons. The molecule has 0 amide bonds. The first-order valence-corrected chi connectivity index (χ1v) is 8.75. The van der Waals surface area contributed by atoms with Gasteiger partial charge in [0.1, 0.15) is 0 Å². The molecule has 0 aliphatic heterocycles. The van der Waals surface area contributed by atoms with E-state index in [0.717, 1.165) is 37.6 Å². The maximum Gasteiger partial charge on any atom is 4.00 e. The first kappa shape index (κ1) is 29.1. The van der Waals surface area contributed by atoms with Crippen molar-refractivity contribution in [2.24, 2.45) is 0 Å². The monoisotopic (exact) mass is 512 g/mol. The first-order valence-electron chi connectivity index (χ1n) is 8.75. The van der Waals surface area contributed by atoms with Gasteiger partial charge in [0.2, 0.25) is 0 Å². The molecule has 0 atom stereocenters. The van der Waals surface area contributed by atoms with Gasteiger partial charge in [0.05, 0.1) is 0 Å². The zero-order valence-corrected chi connectivity index (χ0v) is 21.0. The molecule has 25 heavy (non-hydrogen) atoms. The van der Waals surface area contributed by atoms with E-state index in [1.807, 2.05) is 67.5 Å². The summed E-state index contributed by atoms with van der Waals surface area (Å²) in [7, 11) is 0. The van der Waals surface area contributed by atoms with E-state index in [-0.39, 0.29) is 25.8 Å². The minimum Gasteiger partial charge on any atom is -0.663 e. The van der Waals surface area contributed by atoms with Crippen molar-refractivity contribution in [2.45, 2.75) is 55.4 Å². The summed E-state index contributed by atoms with van der Waals surface area (Å²) in [4.78, 5) is 6.17. The third kappa shape index (κ3) is 23.4. The van der Waals surface area contributed by atoms with Crippen molar-refractivity contribution in [2.75, 3.05) is 26.2 Å². The summed E-state index contributed by atoms with van der Waals surface area (Å²) in [6.45, 7) is 20.1. The molecule has 0 saturated heterocycles. The molecule has 0 bridgehead atoms. The summed E-state index contributed by atoms with van der Waals surface area (Å²) < 4.78 is 0. The second-order valence-electron chi connectivity index (χ2n) is 5.16.